The Kier molecular flexibility index (Phi) is 4.48. The van der Waals surface area contributed by atoms with Crippen molar-refractivity contribution in [3.05, 3.63) is 0 Å². The molecule has 1 heterocycles. The number of nitrogens with zero attached hydrogens (tertiary/aromatic N) is 1. The molecule has 4 nitrogen and oxygen atoms in total. The highest BCUT2D eigenvalue weighted by molar-refractivity contribution is 5.90. The maximum atomic E-state index is 12.6. The van der Waals surface area contributed by atoms with E-state index in [1.54, 1.807) is 0 Å². The Morgan fingerprint density at radius 3 is 2.63 bits per heavy atom. The van der Waals surface area contributed by atoms with Crippen molar-refractivity contribution in [3.8, 4) is 0 Å². The number of rotatable bonds is 3. The van der Waals surface area contributed by atoms with Gasteiger partial charge in [0.05, 0.1) is 0 Å². The van der Waals surface area contributed by atoms with Crippen molar-refractivity contribution < 1.29 is 9.59 Å². The predicted octanol–water partition coefficient (Wildman–Crippen LogP) is 1.94. The number of nitrogens with one attached hydrogen (secondary N) is 1. The summed E-state index contributed by atoms with van der Waals surface area (Å²) in [6.07, 6.45) is 4.57. The van der Waals surface area contributed by atoms with Gasteiger partial charge in [-0.1, -0.05) is 20.8 Å². The van der Waals surface area contributed by atoms with Gasteiger partial charge in [0.25, 0.3) is 0 Å². The second-order valence-electron chi connectivity index (χ2n) is 6.60. The average molecular weight is 266 g/mol. The van der Waals surface area contributed by atoms with E-state index < -0.39 is 0 Å². The van der Waals surface area contributed by atoms with Crippen molar-refractivity contribution in [2.24, 2.45) is 11.8 Å². The van der Waals surface area contributed by atoms with Crippen LogP contribution in [0.1, 0.15) is 52.9 Å². The van der Waals surface area contributed by atoms with E-state index in [0.29, 0.717) is 30.8 Å². The fraction of sp³-hybridized carbons (Fsp3) is 0.867. The van der Waals surface area contributed by atoms with Gasteiger partial charge in [-0.25, -0.2) is 0 Å². The summed E-state index contributed by atoms with van der Waals surface area (Å²) >= 11 is 0. The van der Waals surface area contributed by atoms with E-state index in [0.717, 1.165) is 19.3 Å². The molecule has 3 atom stereocenters. The summed E-state index contributed by atoms with van der Waals surface area (Å²) in [6, 6.07) is 0.0377. The molecule has 2 amide bonds. The van der Waals surface area contributed by atoms with Crippen LogP contribution < -0.4 is 5.32 Å². The van der Waals surface area contributed by atoms with Crippen LogP contribution in [0.3, 0.4) is 0 Å². The monoisotopic (exact) mass is 266 g/mol. The second-order valence-corrected chi connectivity index (χ2v) is 6.60. The molecule has 0 aromatic carbocycles. The first kappa shape index (κ1) is 14.4. The zero-order valence-corrected chi connectivity index (χ0v) is 12.3. The molecule has 0 bridgehead atoms. The molecule has 0 spiro atoms. The molecule has 1 saturated carbocycles. The van der Waals surface area contributed by atoms with Gasteiger partial charge in [-0.2, -0.15) is 0 Å². The third kappa shape index (κ3) is 3.48. The zero-order chi connectivity index (χ0) is 14.0. The summed E-state index contributed by atoms with van der Waals surface area (Å²) < 4.78 is 0. The smallest absolute Gasteiger partial charge is 0.245 e. The molecule has 1 aliphatic carbocycles. The Morgan fingerprint density at radius 2 is 2.05 bits per heavy atom. The van der Waals surface area contributed by atoms with Crippen LogP contribution in [-0.2, 0) is 9.59 Å². The maximum Gasteiger partial charge on any atom is 0.245 e. The first-order chi connectivity index (χ1) is 8.97. The lowest BCUT2D eigenvalue weighted by Gasteiger charge is -2.30. The molecule has 2 rings (SSSR count). The summed E-state index contributed by atoms with van der Waals surface area (Å²) in [4.78, 5) is 26.4. The van der Waals surface area contributed by atoms with E-state index in [1.807, 2.05) is 4.90 Å². The topological polar surface area (TPSA) is 49.4 Å². The number of amides is 2. The number of hydrogen-bond donors (Lipinski definition) is 1. The molecular weight excluding hydrogens is 240 g/mol. The summed E-state index contributed by atoms with van der Waals surface area (Å²) in [5.41, 5.74) is 0. The van der Waals surface area contributed by atoms with Crippen molar-refractivity contribution in [3.63, 3.8) is 0 Å². The fourth-order valence-electron chi connectivity index (χ4n) is 3.31. The largest absolute Gasteiger partial charge is 0.344 e. The van der Waals surface area contributed by atoms with Crippen molar-refractivity contribution in [2.45, 2.75) is 65.0 Å². The van der Waals surface area contributed by atoms with E-state index in [9.17, 15) is 9.59 Å². The van der Waals surface area contributed by atoms with E-state index in [4.69, 9.17) is 0 Å². The molecule has 108 valence electrons. The number of hydrogen-bond acceptors (Lipinski definition) is 2. The van der Waals surface area contributed by atoms with Gasteiger partial charge in [-0.15, -0.1) is 0 Å². The molecule has 1 aliphatic heterocycles. The number of carbonyl (C=O) groups is 2. The summed E-state index contributed by atoms with van der Waals surface area (Å²) in [5.74, 6) is 1.27. The van der Waals surface area contributed by atoms with Crippen LogP contribution in [-0.4, -0.2) is 35.3 Å². The van der Waals surface area contributed by atoms with E-state index in [1.165, 1.54) is 6.42 Å². The van der Waals surface area contributed by atoms with Crippen LogP contribution in [0.15, 0.2) is 0 Å². The molecule has 0 radical (unpaired) electrons. The first-order valence-electron chi connectivity index (χ1n) is 7.57. The van der Waals surface area contributed by atoms with Crippen molar-refractivity contribution in [2.75, 3.05) is 6.54 Å². The Labute approximate surface area is 115 Å². The van der Waals surface area contributed by atoms with Gasteiger partial charge in [0.15, 0.2) is 0 Å². The maximum absolute atomic E-state index is 12.6. The molecule has 4 heteroatoms. The third-order valence-electron chi connectivity index (χ3n) is 4.31. The third-order valence-corrected chi connectivity index (χ3v) is 4.31. The van der Waals surface area contributed by atoms with E-state index >= 15 is 0 Å². The molecule has 2 aliphatic rings. The van der Waals surface area contributed by atoms with Gasteiger partial charge < -0.3 is 10.2 Å². The predicted molar refractivity (Wildman–Crippen MR) is 74.5 cm³/mol. The minimum atomic E-state index is -0.314. The van der Waals surface area contributed by atoms with Crippen molar-refractivity contribution in [1.29, 1.82) is 0 Å². The zero-order valence-electron chi connectivity index (χ0n) is 12.3. The average Bonchev–Trinajstić information content (AvgIpc) is 2.68. The van der Waals surface area contributed by atoms with Gasteiger partial charge in [0.1, 0.15) is 6.04 Å². The molecule has 0 aromatic heterocycles. The fourth-order valence-corrected chi connectivity index (χ4v) is 3.31. The Balaban J connectivity index is 2.09. The van der Waals surface area contributed by atoms with Gasteiger partial charge in [-0.3, -0.25) is 9.59 Å². The molecule has 0 aromatic rings. The van der Waals surface area contributed by atoms with Crippen LogP contribution >= 0.6 is 0 Å². The standard InChI is InChI=1S/C15H26N2O2/c1-10(2)8-13-15(19)17(7-6-14(18)16-13)12-5-4-11(3)9-12/h10-13H,4-9H2,1-3H3,(H,16,18). The SMILES string of the molecule is CC(C)CC1NC(=O)CCN(C2CCC(C)C2)C1=O. The van der Waals surface area contributed by atoms with Crippen LogP contribution in [0.2, 0.25) is 0 Å². The minimum Gasteiger partial charge on any atom is -0.344 e. The molecule has 1 N–H and O–H groups in total. The summed E-state index contributed by atoms with van der Waals surface area (Å²) in [6.45, 7) is 7.02. The Hall–Kier alpha value is -1.06. The lowest BCUT2D eigenvalue weighted by Crippen LogP contribution is -2.48. The first-order valence-corrected chi connectivity index (χ1v) is 7.57. The second kappa shape index (κ2) is 5.93. The number of carbonyl (C=O) groups excluding carboxylic acids is 2. The van der Waals surface area contributed by atoms with Crippen LogP contribution in [0.25, 0.3) is 0 Å². The molecule has 2 fully saturated rings. The quantitative estimate of drug-likeness (QED) is 0.848. The van der Waals surface area contributed by atoms with Gasteiger partial charge in [0.2, 0.25) is 11.8 Å². The molecule has 1 saturated heterocycles. The lowest BCUT2D eigenvalue weighted by molar-refractivity contribution is -0.136. The van der Waals surface area contributed by atoms with E-state index in [-0.39, 0.29) is 17.9 Å². The summed E-state index contributed by atoms with van der Waals surface area (Å²) in [5, 5.41) is 2.89. The summed E-state index contributed by atoms with van der Waals surface area (Å²) in [7, 11) is 0. The van der Waals surface area contributed by atoms with Gasteiger partial charge in [0, 0.05) is 19.0 Å². The highest BCUT2D eigenvalue weighted by atomic mass is 16.2. The molecular formula is C15H26N2O2. The highest BCUT2D eigenvalue weighted by Gasteiger charge is 2.36. The van der Waals surface area contributed by atoms with Crippen molar-refractivity contribution >= 4 is 11.8 Å². The minimum absolute atomic E-state index is 0.0209. The molecule has 3 unspecified atom stereocenters. The van der Waals surface area contributed by atoms with Gasteiger partial charge in [-0.05, 0) is 37.5 Å². The Morgan fingerprint density at radius 1 is 1.32 bits per heavy atom. The van der Waals surface area contributed by atoms with Crippen LogP contribution in [0.4, 0.5) is 0 Å². The molecule has 19 heavy (non-hydrogen) atoms. The lowest BCUT2D eigenvalue weighted by atomic mass is 10.0. The van der Waals surface area contributed by atoms with Crippen molar-refractivity contribution in [1.82, 2.24) is 10.2 Å². The van der Waals surface area contributed by atoms with Gasteiger partial charge >= 0.3 is 0 Å². The van der Waals surface area contributed by atoms with Crippen LogP contribution in [0, 0.1) is 11.8 Å². The van der Waals surface area contributed by atoms with E-state index in [2.05, 4.69) is 26.1 Å². The normalized spacial score (nSPS) is 32.6. The highest BCUT2D eigenvalue weighted by Crippen LogP contribution is 2.30. The van der Waals surface area contributed by atoms with Crippen LogP contribution in [0.5, 0.6) is 0 Å². The Bertz CT molecular complexity index is 354.